The van der Waals surface area contributed by atoms with Crippen LogP contribution in [0.3, 0.4) is 0 Å². The SMILES string of the molecule is N/C(Cc1ccc2sncc2c1)=N\O. The van der Waals surface area contributed by atoms with Crippen LogP contribution in [-0.4, -0.2) is 15.4 Å². The summed E-state index contributed by atoms with van der Waals surface area (Å²) in [4.78, 5) is 0. The van der Waals surface area contributed by atoms with Gasteiger partial charge in [0.15, 0.2) is 0 Å². The Balaban J connectivity index is 2.34. The highest BCUT2D eigenvalue weighted by molar-refractivity contribution is 7.13. The van der Waals surface area contributed by atoms with E-state index in [0.29, 0.717) is 6.42 Å². The summed E-state index contributed by atoms with van der Waals surface area (Å²) >= 11 is 1.46. The molecule has 1 heterocycles. The summed E-state index contributed by atoms with van der Waals surface area (Å²) in [5, 5.41) is 12.5. The lowest BCUT2D eigenvalue weighted by Gasteiger charge is -1.98. The summed E-state index contributed by atoms with van der Waals surface area (Å²) < 4.78 is 5.22. The smallest absolute Gasteiger partial charge is 0.143 e. The van der Waals surface area contributed by atoms with Crippen LogP contribution in [0.2, 0.25) is 0 Å². The summed E-state index contributed by atoms with van der Waals surface area (Å²) in [6.07, 6.45) is 2.28. The van der Waals surface area contributed by atoms with Crippen molar-refractivity contribution in [3.8, 4) is 0 Å². The molecule has 2 aromatic rings. The first-order valence-corrected chi connectivity index (χ1v) is 4.86. The molecule has 72 valence electrons. The number of nitrogens with two attached hydrogens (primary N) is 1. The van der Waals surface area contributed by atoms with Gasteiger partial charge in [-0.05, 0) is 29.2 Å². The second-order valence-corrected chi connectivity index (χ2v) is 3.80. The van der Waals surface area contributed by atoms with Crippen LogP contribution in [0.5, 0.6) is 0 Å². The summed E-state index contributed by atoms with van der Waals surface area (Å²) in [5.74, 6) is 0.215. The Hall–Kier alpha value is -1.62. The van der Waals surface area contributed by atoms with E-state index in [9.17, 15) is 0 Å². The number of hydrogen-bond donors (Lipinski definition) is 2. The first kappa shape index (κ1) is 8.96. The monoisotopic (exact) mass is 207 g/mol. The largest absolute Gasteiger partial charge is 0.409 e. The third kappa shape index (κ3) is 1.67. The fourth-order valence-corrected chi connectivity index (χ4v) is 1.90. The number of benzene rings is 1. The Morgan fingerprint density at radius 1 is 1.57 bits per heavy atom. The minimum absolute atomic E-state index is 0.215. The zero-order chi connectivity index (χ0) is 9.97. The van der Waals surface area contributed by atoms with Gasteiger partial charge in [-0.3, -0.25) is 0 Å². The Labute approximate surface area is 84.8 Å². The van der Waals surface area contributed by atoms with Gasteiger partial charge in [-0.2, -0.15) is 4.37 Å². The summed E-state index contributed by atoms with van der Waals surface area (Å²) in [6.45, 7) is 0. The maximum absolute atomic E-state index is 8.42. The Morgan fingerprint density at radius 2 is 2.43 bits per heavy atom. The van der Waals surface area contributed by atoms with E-state index in [-0.39, 0.29) is 5.84 Å². The highest BCUT2D eigenvalue weighted by Gasteiger charge is 2.00. The molecule has 2 rings (SSSR count). The van der Waals surface area contributed by atoms with Gasteiger partial charge in [-0.1, -0.05) is 11.2 Å². The van der Waals surface area contributed by atoms with Crippen molar-refractivity contribution in [2.45, 2.75) is 6.42 Å². The molecule has 1 aromatic heterocycles. The van der Waals surface area contributed by atoms with E-state index in [4.69, 9.17) is 10.9 Å². The van der Waals surface area contributed by atoms with Crippen LogP contribution in [0, 0.1) is 0 Å². The highest BCUT2D eigenvalue weighted by Crippen LogP contribution is 2.19. The number of hydrogen-bond acceptors (Lipinski definition) is 4. The lowest BCUT2D eigenvalue weighted by Crippen LogP contribution is -2.14. The molecule has 3 N–H and O–H groups in total. The average molecular weight is 207 g/mol. The van der Waals surface area contributed by atoms with Gasteiger partial charge in [0.05, 0.1) is 4.70 Å². The van der Waals surface area contributed by atoms with Gasteiger partial charge in [0.2, 0.25) is 0 Å². The van der Waals surface area contributed by atoms with Crippen LogP contribution in [0.25, 0.3) is 10.1 Å². The summed E-state index contributed by atoms with van der Waals surface area (Å²) in [6, 6.07) is 5.95. The van der Waals surface area contributed by atoms with Gasteiger partial charge < -0.3 is 10.9 Å². The van der Waals surface area contributed by atoms with Crippen molar-refractivity contribution >= 4 is 27.5 Å². The maximum Gasteiger partial charge on any atom is 0.143 e. The molecule has 0 radical (unpaired) electrons. The Kier molecular flexibility index (Phi) is 2.32. The van der Waals surface area contributed by atoms with Gasteiger partial charge in [0.25, 0.3) is 0 Å². The molecule has 14 heavy (non-hydrogen) atoms. The van der Waals surface area contributed by atoms with Crippen LogP contribution in [0.15, 0.2) is 29.6 Å². The molecule has 0 spiro atoms. The minimum Gasteiger partial charge on any atom is -0.409 e. The lowest BCUT2D eigenvalue weighted by atomic mass is 10.1. The van der Waals surface area contributed by atoms with Gasteiger partial charge in [0, 0.05) is 18.0 Å². The van der Waals surface area contributed by atoms with E-state index in [1.165, 1.54) is 11.5 Å². The molecule has 0 saturated carbocycles. The normalized spacial score (nSPS) is 12.1. The average Bonchev–Trinajstić information content (AvgIpc) is 2.64. The van der Waals surface area contributed by atoms with Gasteiger partial charge in [-0.15, -0.1) is 0 Å². The molecule has 0 aliphatic carbocycles. The lowest BCUT2D eigenvalue weighted by molar-refractivity contribution is 0.317. The van der Waals surface area contributed by atoms with Gasteiger partial charge in [-0.25, -0.2) is 0 Å². The third-order valence-corrected chi connectivity index (χ3v) is 2.71. The molecule has 5 heteroatoms. The van der Waals surface area contributed by atoms with Crippen LogP contribution >= 0.6 is 11.5 Å². The van der Waals surface area contributed by atoms with Gasteiger partial charge >= 0.3 is 0 Å². The van der Waals surface area contributed by atoms with E-state index in [1.54, 1.807) is 0 Å². The molecular formula is C9H9N3OS. The number of oxime groups is 1. The fourth-order valence-electron chi connectivity index (χ4n) is 1.28. The van der Waals surface area contributed by atoms with Crippen LogP contribution in [0.4, 0.5) is 0 Å². The number of nitrogens with zero attached hydrogens (tertiary/aromatic N) is 2. The third-order valence-electron chi connectivity index (χ3n) is 1.93. The second-order valence-electron chi connectivity index (χ2n) is 2.97. The van der Waals surface area contributed by atoms with Crippen LogP contribution in [-0.2, 0) is 6.42 Å². The first-order valence-electron chi connectivity index (χ1n) is 4.09. The molecule has 4 nitrogen and oxygen atoms in total. The molecule has 0 atom stereocenters. The predicted molar refractivity (Wildman–Crippen MR) is 56.7 cm³/mol. The topological polar surface area (TPSA) is 71.5 Å². The fraction of sp³-hybridized carbons (Fsp3) is 0.111. The standard InChI is InChI=1S/C9H9N3OS/c10-9(12-13)4-6-1-2-8-7(3-6)5-11-14-8/h1-3,5,13H,4H2,(H2,10,12). The van der Waals surface area contributed by atoms with Crippen molar-refractivity contribution in [3.05, 3.63) is 30.0 Å². The maximum atomic E-state index is 8.42. The molecule has 0 fully saturated rings. The zero-order valence-electron chi connectivity index (χ0n) is 7.34. The van der Waals surface area contributed by atoms with E-state index >= 15 is 0 Å². The van der Waals surface area contributed by atoms with E-state index in [1.807, 2.05) is 24.4 Å². The van der Waals surface area contributed by atoms with Crippen molar-refractivity contribution in [2.24, 2.45) is 10.9 Å². The molecule has 0 saturated heterocycles. The summed E-state index contributed by atoms with van der Waals surface area (Å²) in [5.41, 5.74) is 6.43. The molecule has 0 unspecified atom stereocenters. The van der Waals surface area contributed by atoms with Crippen molar-refractivity contribution in [1.29, 1.82) is 0 Å². The molecule has 0 aliphatic heterocycles. The molecule has 0 amide bonds. The van der Waals surface area contributed by atoms with E-state index < -0.39 is 0 Å². The molecule has 0 aliphatic rings. The number of rotatable bonds is 2. The quantitative estimate of drug-likeness (QED) is 0.340. The van der Waals surface area contributed by atoms with Crippen molar-refractivity contribution in [2.75, 3.05) is 0 Å². The van der Waals surface area contributed by atoms with E-state index in [0.717, 1.165) is 15.6 Å². The van der Waals surface area contributed by atoms with Crippen molar-refractivity contribution in [1.82, 2.24) is 4.37 Å². The molecule has 0 bridgehead atoms. The van der Waals surface area contributed by atoms with Crippen molar-refractivity contribution in [3.63, 3.8) is 0 Å². The van der Waals surface area contributed by atoms with Crippen LogP contribution < -0.4 is 5.73 Å². The second kappa shape index (κ2) is 3.63. The minimum atomic E-state index is 0.215. The number of aromatic nitrogens is 1. The Bertz CT molecular complexity index is 478. The summed E-state index contributed by atoms with van der Waals surface area (Å²) in [7, 11) is 0. The first-order chi connectivity index (χ1) is 6.79. The van der Waals surface area contributed by atoms with E-state index in [2.05, 4.69) is 9.53 Å². The van der Waals surface area contributed by atoms with Gasteiger partial charge in [0.1, 0.15) is 5.84 Å². The predicted octanol–water partition coefficient (Wildman–Crippen LogP) is 1.59. The molecule has 1 aromatic carbocycles. The Morgan fingerprint density at radius 3 is 3.21 bits per heavy atom. The zero-order valence-corrected chi connectivity index (χ0v) is 8.16. The highest BCUT2D eigenvalue weighted by atomic mass is 32.1. The van der Waals surface area contributed by atoms with Crippen LogP contribution in [0.1, 0.15) is 5.56 Å². The number of amidine groups is 1. The van der Waals surface area contributed by atoms with Crippen molar-refractivity contribution < 1.29 is 5.21 Å². The molecular weight excluding hydrogens is 198 g/mol. The number of fused-ring (bicyclic) bond motifs is 1.